The van der Waals surface area contributed by atoms with Gasteiger partial charge in [-0.05, 0) is 20.3 Å². The van der Waals surface area contributed by atoms with E-state index in [2.05, 4.69) is 6.92 Å². The summed E-state index contributed by atoms with van der Waals surface area (Å²) in [5.74, 6) is 0. The molecule has 0 aromatic rings. The Bertz CT molecular complexity index is 144. The van der Waals surface area contributed by atoms with Gasteiger partial charge >= 0.3 is 0 Å². The molecule has 0 rings (SSSR count). The van der Waals surface area contributed by atoms with Gasteiger partial charge in [-0.1, -0.05) is 45.4 Å². The van der Waals surface area contributed by atoms with Gasteiger partial charge in [-0.15, -0.1) is 0 Å². The molecule has 0 saturated carbocycles. The summed E-state index contributed by atoms with van der Waals surface area (Å²) in [6.45, 7) is 7.22. The zero-order valence-electron chi connectivity index (χ0n) is 11.8. The molecule has 3 nitrogen and oxygen atoms in total. The van der Waals surface area contributed by atoms with Gasteiger partial charge in [0.15, 0.2) is 6.29 Å². The van der Waals surface area contributed by atoms with Crippen LogP contribution in [0.1, 0.15) is 65.7 Å². The molecule has 3 heteroatoms. The smallest absolute Gasteiger partial charge is 0.183 e. The first-order chi connectivity index (χ1) is 8.26. The zero-order valence-corrected chi connectivity index (χ0v) is 11.8. The highest BCUT2D eigenvalue weighted by atomic mass is 16.7. The van der Waals surface area contributed by atoms with Crippen LogP contribution in [-0.2, 0) is 9.47 Å². The fraction of sp³-hybridized carbons (Fsp3) is 1.00. The Morgan fingerprint density at radius 2 is 1.35 bits per heavy atom. The Kier molecular flexibility index (Phi) is 12.3. The van der Waals surface area contributed by atoms with Crippen molar-refractivity contribution < 1.29 is 14.6 Å². The van der Waals surface area contributed by atoms with Crippen LogP contribution in [0.15, 0.2) is 0 Å². The third kappa shape index (κ3) is 9.57. The Balaban J connectivity index is 3.55. The van der Waals surface area contributed by atoms with E-state index >= 15 is 0 Å². The number of unbranched alkanes of at least 4 members (excludes halogenated alkanes) is 5. The largest absolute Gasteiger partial charge is 0.388 e. The highest BCUT2D eigenvalue weighted by Gasteiger charge is 2.18. The normalized spacial score (nSPS) is 13.2. The molecule has 1 N–H and O–H groups in total. The molecule has 104 valence electrons. The first kappa shape index (κ1) is 16.9. The van der Waals surface area contributed by atoms with Gasteiger partial charge in [0.2, 0.25) is 0 Å². The van der Waals surface area contributed by atoms with Gasteiger partial charge in [0, 0.05) is 13.2 Å². The van der Waals surface area contributed by atoms with Gasteiger partial charge in [0.1, 0.15) is 6.10 Å². The molecular formula is C14H30O3. The van der Waals surface area contributed by atoms with Crippen LogP contribution >= 0.6 is 0 Å². The Hall–Kier alpha value is -0.120. The van der Waals surface area contributed by atoms with Crippen LogP contribution in [0.4, 0.5) is 0 Å². The summed E-state index contributed by atoms with van der Waals surface area (Å²) in [7, 11) is 0. The molecule has 1 unspecified atom stereocenters. The maximum absolute atomic E-state index is 9.92. The minimum Gasteiger partial charge on any atom is -0.388 e. The highest BCUT2D eigenvalue weighted by Crippen LogP contribution is 2.12. The number of ether oxygens (including phenoxy) is 2. The fourth-order valence-electron chi connectivity index (χ4n) is 1.87. The van der Waals surface area contributed by atoms with E-state index in [4.69, 9.17) is 9.47 Å². The maximum Gasteiger partial charge on any atom is 0.183 e. The lowest BCUT2D eigenvalue weighted by Crippen LogP contribution is -2.31. The minimum absolute atomic E-state index is 0.444. The third-order valence-electron chi connectivity index (χ3n) is 2.83. The molecule has 0 amide bonds. The lowest BCUT2D eigenvalue weighted by Gasteiger charge is -2.22. The van der Waals surface area contributed by atoms with E-state index in [1.54, 1.807) is 0 Å². The number of aliphatic hydroxyl groups excluding tert-OH is 1. The summed E-state index contributed by atoms with van der Waals surface area (Å²) >= 11 is 0. The molecule has 17 heavy (non-hydrogen) atoms. The molecule has 0 saturated heterocycles. The second-order valence-corrected chi connectivity index (χ2v) is 4.40. The summed E-state index contributed by atoms with van der Waals surface area (Å²) in [6.07, 6.45) is 7.28. The van der Waals surface area contributed by atoms with Crippen LogP contribution in [0, 0.1) is 0 Å². The average molecular weight is 246 g/mol. The van der Waals surface area contributed by atoms with Crippen LogP contribution in [0.3, 0.4) is 0 Å². The molecule has 0 heterocycles. The van der Waals surface area contributed by atoms with Crippen molar-refractivity contribution in [3.63, 3.8) is 0 Å². The first-order valence-corrected chi connectivity index (χ1v) is 7.17. The van der Waals surface area contributed by atoms with E-state index in [1.165, 1.54) is 32.1 Å². The molecule has 0 aromatic carbocycles. The van der Waals surface area contributed by atoms with Gasteiger partial charge in [0.05, 0.1) is 0 Å². The van der Waals surface area contributed by atoms with E-state index in [9.17, 15) is 5.11 Å². The van der Waals surface area contributed by atoms with Gasteiger partial charge < -0.3 is 14.6 Å². The van der Waals surface area contributed by atoms with E-state index in [0.717, 1.165) is 12.8 Å². The highest BCUT2D eigenvalue weighted by molar-refractivity contribution is 4.61. The van der Waals surface area contributed by atoms with Crippen LogP contribution in [0.25, 0.3) is 0 Å². The van der Waals surface area contributed by atoms with Gasteiger partial charge in [-0.3, -0.25) is 0 Å². The lowest BCUT2D eigenvalue weighted by atomic mass is 10.1. The molecule has 0 bridgehead atoms. The molecule has 0 radical (unpaired) electrons. The number of aliphatic hydroxyl groups is 1. The Morgan fingerprint density at radius 1 is 0.824 bits per heavy atom. The SMILES string of the molecule is CCCCCCCCC(O)C(OCC)OCC. The quantitative estimate of drug-likeness (QED) is 0.423. The summed E-state index contributed by atoms with van der Waals surface area (Å²) in [6, 6.07) is 0. The predicted molar refractivity (Wildman–Crippen MR) is 71.0 cm³/mol. The molecule has 0 spiro atoms. The van der Waals surface area contributed by atoms with Crippen molar-refractivity contribution in [3.05, 3.63) is 0 Å². The van der Waals surface area contributed by atoms with Gasteiger partial charge in [-0.25, -0.2) is 0 Å². The topological polar surface area (TPSA) is 38.7 Å². The molecular weight excluding hydrogens is 216 g/mol. The summed E-state index contributed by atoms with van der Waals surface area (Å²) in [5.41, 5.74) is 0. The molecule has 0 aliphatic rings. The number of rotatable bonds is 12. The van der Waals surface area contributed by atoms with Crippen molar-refractivity contribution >= 4 is 0 Å². The number of hydrogen-bond donors (Lipinski definition) is 1. The van der Waals surface area contributed by atoms with E-state index in [-0.39, 0.29) is 0 Å². The molecule has 0 fully saturated rings. The summed E-state index contributed by atoms with van der Waals surface area (Å²) in [5, 5.41) is 9.92. The van der Waals surface area contributed by atoms with Crippen molar-refractivity contribution in [2.24, 2.45) is 0 Å². The Labute approximate surface area is 107 Å². The van der Waals surface area contributed by atoms with E-state index in [0.29, 0.717) is 13.2 Å². The van der Waals surface area contributed by atoms with Gasteiger partial charge in [0.25, 0.3) is 0 Å². The Morgan fingerprint density at radius 3 is 1.88 bits per heavy atom. The van der Waals surface area contributed by atoms with Crippen LogP contribution < -0.4 is 0 Å². The van der Waals surface area contributed by atoms with Gasteiger partial charge in [-0.2, -0.15) is 0 Å². The van der Waals surface area contributed by atoms with Crippen molar-refractivity contribution in [1.82, 2.24) is 0 Å². The summed E-state index contributed by atoms with van der Waals surface area (Å²) in [4.78, 5) is 0. The molecule has 1 atom stereocenters. The second kappa shape index (κ2) is 12.3. The predicted octanol–water partition coefficient (Wildman–Crippen LogP) is 3.50. The third-order valence-corrected chi connectivity index (χ3v) is 2.83. The van der Waals surface area contributed by atoms with Crippen LogP contribution in [-0.4, -0.2) is 30.7 Å². The van der Waals surface area contributed by atoms with E-state index < -0.39 is 12.4 Å². The van der Waals surface area contributed by atoms with Crippen LogP contribution in [0.5, 0.6) is 0 Å². The molecule has 0 aliphatic carbocycles. The maximum atomic E-state index is 9.92. The second-order valence-electron chi connectivity index (χ2n) is 4.40. The lowest BCUT2D eigenvalue weighted by molar-refractivity contribution is -0.190. The van der Waals surface area contributed by atoms with Crippen molar-refractivity contribution in [3.8, 4) is 0 Å². The summed E-state index contributed by atoms with van der Waals surface area (Å²) < 4.78 is 10.7. The monoisotopic (exact) mass is 246 g/mol. The molecule has 0 aliphatic heterocycles. The fourth-order valence-corrected chi connectivity index (χ4v) is 1.87. The number of hydrogen-bond acceptors (Lipinski definition) is 3. The molecule has 0 aromatic heterocycles. The van der Waals surface area contributed by atoms with Crippen molar-refractivity contribution in [1.29, 1.82) is 0 Å². The average Bonchev–Trinajstić information content (AvgIpc) is 2.33. The van der Waals surface area contributed by atoms with E-state index in [1.807, 2.05) is 13.8 Å². The minimum atomic E-state index is -0.485. The first-order valence-electron chi connectivity index (χ1n) is 7.17. The standard InChI is InChI=1S/C14H30O3/c1-4-7-8-9-10-11-12-13(15)14(16-5-2)17-6-3/h13-15H,4-12H2,1-3H3. The van der Waals surface area contributed by atoms with Crippen molar-refractivity contribution in [2.45, 2.75) is 78.1 Å². The van der Waals surface area contributed by atoms with Crippen molar-refractivity contribution in [2.75, 3.05) is 13.2 Å². The zero-order chi connectivity index (χ0) is 12.9. The van der Waals surface area contributed by atoms with Crippen LogP contribution in [0.2, 0.25) is 0 Å².